The van der Waals surface area contributed by atoms with Gasteiger partial charge >= 0.3 is 5.97 Å². The van der Waals surface area contributed by atoms with E-state index in [1.165, 1.54) is 11.1 Å². The van der Waals surface area contributed by atoms with Crippen molar-refractivity contribution in [3.05, 3.63) is 87.7 Å². The van der Waals surface area contributed by atoms with Crippen molar-refractivity contribution in [3.8, 4) is 11.1 Å². The summed E-state index contributed by atoms with van der Waals surface area (Å²) in [5.41, 5.74) is 5.33. The lowest BCUT2D eigenvalue weighted by Gasteiger charge is -2.39. The molecule has 2 fully saturated rings. The standard InChI is InChI=1S/C27H25Cl2NO2/c1-15-3-5-17(6-4-15)20-9-10-21-25(16(2)32-27(21)31)26(20)24-12-7-18(14-30-24)22-13-19(28)8-11-23(22)29/h3-8,11-14,16,20-21,25-26H,9-10H2,1-2H3. The number of ether oxygens (including phenoxy) is 1. The Kier molecular flexibility index (Phi) is 5.73. The van der Waals surface area contributed by atoms with Crippen molar-refractivity contribution in [2.24, 2.45) is 11.8 Å². The van der Waals surface area contributed by atoms with Gasteiger partial charge in [0.25, 0.3) is 0 Å². The second-order valence-corrected chi connectivity index (χ2v) is 9.89. The molecule has 3 nitrogen and oxygen atoms in total. The number of hydrogen-bond acceptors (Lipinski definition) is 3. The molecule has 1 aromatic heterocycles. The van der Waals surface area contributed by atoms with Crippen LogP contribution in [0.2, 0.25) is 10.0 Å². The van der Waals surface area contributed by atoms with Crippen LogP contribution in [0.3, 0.4) is 0 Å². The van der Waals surface area contributed by atoms with Gasteiger partial charge in [-0.25, -0.2) is 0 Å². The van der Waals surface area contributed by atoms with Gasteiger partial charge in [-0.2, -0.15) is 0 Å². The molecule has 1 aliphatic carbocycles. The van der Waals surface area contributed by atoms with Gasteiger partial charge in [0.15, 0.2) is 0 Å². The minimum absolute atomic E-state index is 0.0550. The topological polar surface area (TPSA) is 39.2 Å². The van der Waals surface area contributed by atoms with E-state index in [9.17, 15) is 4.79 Å². The Morgan fingerprint density at radius 3 is 2.44 bits per heavy atom. The normalized spacial score (nSPS) is 27.1. The Bertz CT molecular complexity index is 1140. The van der Waals surface area contributed by atoms with E-state index in [-0.39, 0.29) is 29.8 Å². The SMILES string of the molecule is Cc1ccc(C2CCC3C(=O)OC(C)C3C2c2ccc(-c3cc(Cl)ccc3Cl)cn2)cc1. The number of hydrogen-bond donors (Lipinski definition) is 0. The highest BCUT2D eigenvalue weighted by Gasteiger charge is 2.52. The van der Waals surface area contributed by atoms with Crippen molar-refractivity contribution in [2.75, 3.05) is 0 Å². The second-order valence-electron chi connectivity index (χ2n) is 9.04. The molecule has 5 heteroatoms. The molecule has 0 N–H and O–H groups in total. The molecule has 3 aromatic rings. The number of aryl methyl sites for hydroxylation is 1. The second kappa shape index (κ2) is 8.53. The lowest BCUT2D eigenvalue weighted by Crippen LogP contribution is -2.35. The van der Waals surface area contributed by atoms with Crippen LogP contribution in [0, 0.1) is 18.8 Å². The Hall–Kier alpha value is -2.36. The van der Waals surface area contributed by atoms with Crippen molar-refractivity contribution in [3.63, 3.8) is 0 Å². The van der Waals surface area contributed by atoms with Crippen LogP contribution in [0.25, 0.3) is 11.1 Å². The summed E-state index contributed by atoms with van der Waals surface area (Å²) in [5, 5.41) is 1.28. The van der Waals surface area contributed by atoms with Gasteiger partial charge in [0.1, 0.15) is 6.10 Å². The quantitative estimate of drug-likeness (QED) is 0.383. The predicted octanol–water partition coefficient (Wildman–Crippen LogP) is 7.20. The maximum atomic E-state index is 12.5. The van der Waals surface area contributed by atoms with Gasteiger partial charge in [-0.15, -0.1) is 0 Å². The van der Waals surface area contributed by atoms with Crippen molar-refractivity contribution >= 4 is 29.2 Å². The molecule has 1 aliphatic heterocycles. The number of aromatic nitrogens is 1. The summed E-state index contributed by atoms with van der Waals surface area (Å²) in [7, 11) is 0. The van der Waals surface area contributed by atoms with E-state index in [1.807, 2.05) is 19.2 Å². The zero-order valence-corrected chi connectivity index (χ0v) is 19.6. The first-order valence-corrected chi connectivity index (χ1v) is 11.9. The van der Waals surface area contributed by atoms with Crippen molar-refractivity contribution in [2.45, 2.75) is 44.6 Å². The fraction of sp³-hybridized carbons (Fsp3) is 0.333. The molecule has 5 rings (SSSR count). The number of carbonyl (C=O) groups is 1. The van der Waals surface area contributed by atoms with Gasteiger partial charge in [-0.1, -0.05) is 59.1 Å². The molecule has 5 unspecified atom stereocenters. The number of carbonyl (C=O) groups excluding carboxylic acids is 1. The Morgan fingerprint density at radius 1 is 0.969 bits per heavy atom. The van der Waals surface area contributed by atoms with Gasteiger partial charge in [-0.3, -0.25) is 9.78 Å². The molecular weight excluding hydrogens is 441 g/mol. The first-order chi connectivity index (χ1) is 15.4. The molecule has 2 heterocycles. The number of halogens is 2. The third-order valence-corrected chi connectivity index (χ3v) is 7.69. The van der Waals surface area contributed by atoms with Crippen molar-refractivity contribution in [1.82, 2.24) is 4.98 Å². The van der Waals surface area contributed by atoms with E-state index < -0.39 is 0 Å². The minimum Gasteiger partial charge on any atom is -0.462 e. The van der Waals surface area contributed by atoms with E-state index in [0.717, 1.165) is 29.7 Å². The molecular formula is C27H25Cl2NO2. The van der Waals surface area contributed by atoms with Gasteiger partial charge < -0.3 is 4.74 Å². The average molecular weight is 466 g/mol. The summed E-state index contributed by atoms with van der Waals surface area (Å²) in [6.45, 7) is 4.12. The van der Waals surface area contributed by atoms with Gasteiger partial charge in [0.2, 0.25) is 0 Å². The predicted molar refractivity (Wildman–Crippen MR) is 128 cm³/mol. The number of pyridine rings is 1. The van der Waals surface area contributed by atoms with Crippen LogP contribution >= 0.6 is 23.2 Å². The number of rotatable bonds is 3. The smallest absolute Gasteiger partial charge is 0.309 e. The molecule has 5 atom stereocenters. The minimum atomic E-state index is -0.116. The number of nitrogens with zero attached hydrogens (tertiary/aromatic N) is 1. The molecule has 1 saturated heterocycles. The van der Waals surface area contributed by atoms with Gasteiger partial charge in [-0.05, 0) is 62.4 Å². The first-order valence-electron chi connectivity index (χ1n) is 11.1. The molecule has 0 amide bonds. The fourth-order valence-electron chi connectivity index (χ4n) is 5.56. The van der Waals surface area contributed by atoms with E-state index in [0.29, 0.717) is 16.0 Å². The molecule has 0 spiro atoms. The number of cyclic esters (lactones) is 1. The highest BCUT2D eigenvalue weighted by atomic mass is 35.5. The zero-order valence-electron chi connectivity index (χ0n) is 18.1. The summed E-state index contributed by atoms with van der Waals surface area (Å²) in [6, 6.07) is 18.3. The van der Waals surface area contributed by atoms with Crippen LogP contribution in [-0.2, 0) is 9.53 Å². The summed E-state index contributed by atoms with van der Waals surface area (Å²) >= 11 is 12.6. The molecule has 1 saturated carbocycles. The number of esters is 1. The van der Waals surface area contributed by atoms with E-state index in [4.69, 9.17) is 32.9 Å². The van der Waals surface area contributed by atoms with Crippen LogP contribution < -0.4 is 0 Å². The Balaban J connectivity index is 1.55. The highest BCUT2D eigenvalue weighted by Crippen LogP contribution is 2.54. The van der Waals surface area contributed by atoms with E-state index >= 15 is 0 Å². The number of benzene rings is 2. The molecule has 2 aliphatic rings. The number of fused-ring (bicyclic) bond motifs is 1. The Labute approximate surface area is 198 Å². The summed E-state index contributed by atoms with van der Waals surface area (Å²) in [5.74, 6) is 0.414. The van der Waals surface area contributed by atoms with E-state index in [2.05, 4.69) is 43.3 Å². The lowest BCUT2D eigenvalue weighted by molar-refractivity contribution is -0.143. The van der Waals surface area contributed by atoms with Crippen molar-refractivity contribution in [1.29, 1.82) is 0 Å². The fourth-order valence-corrected chi connectivity index (χ4v) is 5.96. The van der Waals surface area contributed by atoms with Crippen molar-refractivity contribution < 1.29 is 9.53 Å². The van der Waals surface area contributed by atoms with E-state index in [1.54, 1.807) is 12.1 Å². The van der Waals surface area contributed by atoms with Crippen LogP contribution in [-0.4, -0.2) is 17.1 Å². The molecule has 0 radical (unpaired) electrons. The van der Waals surface area contributed by atoms with Crippen LogP contribution in [0.4, 0.5) is 0 Å². The third-order valence-electron chi connectivity index (χ3n) is 7.12. The molecule has 32 heavy (non-hydrogen) atoms. The largest absolute Gasteiger partial charge is 0.462 e. The zero-order chi connectivity index (χ0) is 22.4. The Morgan fingerprint density at radius 2 is 1.72 bits per heavy atom. The van der Waals surface area contributed by atoms with Gasteiger partial charge in [0.05, 0.1) is 5.92 Å². The third kappa shape index (κ3) is 3.82. The monoisotopic (exact) mass is 465 g/mol. The molecule has 0 bridgehead atoms. The highest BCUT2D eigenvalue weighted by molar-refractivity contribution is 6.35. The van der Waals surface area contributed by atoms with Crippen LogP contribution in [0.5, 0.6) is 0 Å². The molecule has 164 valence electrons. The summed E-state index contributed by atoms with van der Waals surface area (Å²) in [6.07, 6.45) is 3.55. The van der Waals surface area contributed by atoms with Crippen LogP contribution in [0.1, 0.15) is 48.4 Å². The summed E-state index contributed by atoms with van der Waals surface area (Å²) in [4.78, 5) is 17.4. The molecule has 2 aromatic carbocycles. The average Bonchev–Trinajstić information content (AvgIpc) is 3.09. The maximum Gasteiger partial charge on any atom is 0.309 e. The van der Waals surface area contributed by atoms with Crippen LogP contribution in [0.15, 0.2) is 60.8 Å². The van der Waals surface area contributed by atoms with Gasteiger partial charge in [0, 0.05) is 44.9 Å². The summed E-state index contributed by atoms with van der Waals surface area (Å²) < 4.78 is 5.69. The lowest BCUT2D eigenvalue weighted by atomic mass is 9.63. The first kappa shape index (κ1) is 21.5. The maximum absolute atomic E-state index is 12.5.